The van der Waals surface area contributed by atoms with Crippen LogP contribution in [0.3, 0.4) is 0 Å². The van der Waals surface area contributed by atoms with Crippen LogP contribution in [0.25, 0.3) is 0 Å². The molecule has 0 saturated heterocycles. The van der Waals surface area contributed by atoms with E-state index in [2.05, 4.69) is 15.9 Å². The molecule has 0 saturated carbocycles. The molecule has 7 nitrogen and oxygen atoms in total. The van der Waals surface area contributed by atoms with Crippen molar-refractivity contribution in [1.29, 1.82) is 0 Å². The summed E-state index contributed by atoms with van der Waals surface area (Å²) in [6.07, 6.45) is -0.829. The molecule has 0 spiro atoms. The Morgan fingerprint density at radius 3 is 2.46 bits per heavy atom. The third-order valence-corrected chi connectivity index (χ3v) is 5.11. The summed E-state index contributed by atoms with van der Waals surface area (Å²) in [5.74, 6) is -5.22. The molecule has 1 atom stereocenters. The van der Waals surface area contributed by atoms with Gasteiger partial charge in [-0.3, -0.25) is 24.1 Å². The zero-order valence-corrected chi connectivity index (χ0v) is 15.9. The summed E-state index contributed by atoms with van der Waals surface area (Å²) in [5, 5.41) is 9.87. The number of rotatable bonds is 5. The van der Waals surface area contributed by atoms with E-state index < -0.39 is 47.9 Å². The number of benzene rings is 2. The predicted octanol–water partition coefficient (Wildman–Crippen LogP) is 1.97. The molecule has 1 heterocycles. The molecule has 0 aromatic heterocycles. The van der Waals surface area contributed by atoms with Gasteiger partial charge in [0.2, 0.25) is 5.91 Å². The number of nitrogens with two attached hydrogens (primary N) is 1. The van der Waals surface area contributed by atoms with E-state index in [0.717, 1.165) is 6.07 Å². The largest absolute Gasteiger partial charge is 0.480 e. The lowest BCUT2D eigenvalue weighted by atomic mass is 9.71. The van der Waals surface area contributed by atoms with E-state index in [9.17, 15) is 28.7 Å². The number of imide groups is 1. The van der Waals surface area contributed by atoms with Gasteiger partial charge in [0.15, 0.2) is 5.41 Å². The van der Waals surface area contributed by atoms with E-state index in [1.807, 2.05) is 0 Å². The Bertz CT molecular complexity index is 1030. The van der Waals surface area contributed by atoms with Gasteiger partial charge in [0.05, 0.1) is 13.0 Å². The van der Waals surface area contributed by atoms with Crippen molar-refractivity contribution < 1.29 is 28.7 Å². The third-order valence-electron chi connectivity index (χ3n) is 4.62. The van der Waals surface area contributed by atoms with Crippen molar-refractivity contribution in [2.24, 2.45) is 5.73 Å². The highest BCUT2D eigenvalue weighted by molar-refractivity contribution is 9.10. The van der Waals surface area contributed by atoms with Gasteiger partial charge in [-0.25, -0.2) is 4.39 Å². The molecule has 1 unspecified atom stereocenters. The Labute approximate surface area is 167 Å². The van der Waals surface area contributed by atoms with E-state index in [0.29, 0.717) is 9.37 Å². The highest BCUT2D eigenvalue weighted by atomic mass is 79.9. The van der Waals surface area contributed by atoms with Crippen LogP contribution < -0.4 is 5.73 Å². The van der Waals surface area contributed by atoms with Gasteiger partial charge in [0.1, 0.15) is 5.82 Å². The van der Waals surface area contributed by atoms with Crippen LogP contribution in [-0.2, 0) is 26.3 Å². The molecule has 0 bridgehead atoms. The van der Waals surface area contributed by atoms with Crippen LogP contribution in [0.1, 0.15) is 27.9 Å². The number of carboxylic acids is 1. The maximum absolute atomic E-state index is 14.2. The van der Waals surface area contributed by atoms with Crippen molar-refractivity contribution in [3.05, 3.63) is 69.4 Å². The number of carboxylic acid groups (broad SMARTS) is 1. The van der Waals surface area contributed by atoms with Crippen molar-refractivity contribution in [3.8, 4) is 0 Å². The summed E-state index contributed by atoms with van der Waals surface area (Å²) in [6.45, 7) is -0.487. The molecule has 2 aromatic carbocycles. The van der Waals surface area contributed by atoms with E-state index in [-0.39, 0.29) is 16.7 Å². The summed E-state index contributed by atoms with van der Waals surface area (Å²) < 4.78 is 14.7. The first kappa shape index (κ1) is 19.7. The van der Waals surface area contributed by atoms with Crippen LogP contribution >= 0.6 is 15.9 Å². The van der Waals surface area contributed by atoms with Crippen LogP contribution in [0, 0.1) is 5.82 Å². The van der Waals surface area contributed by atoms with Crippen molar-refractivity contribution in [2.45, 2.75) is 18.4 Å². The number of primary amides is 1. The van der Waals surface area contributed by atoms with E-state index in [1.54, 1.807) is 0 Å². The number of aliphatic carboxylic acids is 1. The Hall–Kier alpha value is -3.07. The van der Waals surface area contributed by atoms with Gasteiger partial charge < -0.3 is 10.8 Å². The van der Waals surface area contributed by atoms with Gasteiger partial charge in [-0.15, -0.1) is 0 Å². The minimum atomic E-state index is -2.36. The molecule has 0 aliphatic carbocycles. The monoisotopic (exact) mass is 448 g/mol. The molecule has 0 fully saturated rings. The van der Waals surface area contributed by atoms with Crippen LogP contribution in [0.5, 0.6) is 0 Å². The zero-order valence-electron chi connectivity index (χ0n) is 14.3. The summed E-state index contributed by atoms with van der Waals surface area (Å²) in [4.78, 5) is 50.4. The van der Waals surface area contributed by atoms with Crippen LogP contribution in [-0.4, -0.2) is 33.7 Å². The molecule has 0 radical (unpaired) electrons. The van der Waals surface area contributed by atoms with Gasteiger partial charge in [0.25, 0.3) is 11.8 Å². The smallest absolute Gasteiger partial charge is 0.324 e. The molecule has 1 aliphatic heterocycles. The summed E-state index contributed by atoms with van der Waals surface area (Å²) >= 11 is 3.11. The molecule has 28 heavy (non-hydrogen) atoms. The van der Waals surface area contributed by atoms with E-state index in [4.69, 9.17) is 5.73 Å². The first-order chi connectivity index (χ1) is 13.2. The van der Waals surface area contributed by atoms with Gasteiger partial charge in [0, 0.05) is 15.6 Å². The minimum absolute atomic E-state index is 0.0163. The Balaban J connectivity index is 2.18. The number of halogens is 2. The predicted molar refractivity (Wildman–Crippen MR) is 98.5 cm³/mol. The number of carbonyl (C=O) groups is 4. The lowest BCUT2D eigenvalue weighted by molar-refractivity contribution is -0.156. The fraction of sp³-hybridized carbons (Fsp3) is 0.158. The van der Waals surface area contributed by atoms with Crippen molar-refractivity contribution >= 4 is 39.6 Å². The van der Waals surface area contributed by atoms with Crippen molar-refractivity contribution in [3.63, 3.8) is 0 Å². The SMILES string of the molecule is NC(=O)CC1(C(=O)O)C(=O)N(Cc2ccc(Br)cc2F)C(=O)c2ccccc21. The fourth-order valence-corrected chi connectivity index (χ4v) is 3.64. The second kappa shape index (κ2) is 7.16. The lowest BCUT2D eigenvalue weighted by Gasteiger charge is -2.38. The van der Waals surface area contributed by atoms with Crippen LogP contribution in [0.4, 0.5) is 4.39 Å². The molecule has 9 heteroatoms. The Kier molecular flexibility index (Phi) is 5.03. The highest BCUT2D eigenvalue weighted by Crippen LogP contribution is 2.39. The van der Waals surface area contributed by atoms with Crippen LogP contribution in [0.2, 0.25) is 0 Å². The van der Waals surface area contributed by atoms with Gasteiger partial charge >= 0.3 is 5.97 Å². The number of hydrogen-bond acceptors (Lipinski definition) is 4. The average molecular weight is 449 g/mol. The highest BCUT2D eigenvalue weighted by Gasteiger charge is 2.57. The standard InChI is InChI=1S/C19H14BrFN2O5/c20-11-6-5-10(14(21)7-11)9-23-16(25)12-3-1-2-4-13(12)19(17(23)26,18(27)28)8-15(22)24/h1-7H,8-9H2,(H2,22,24)(H,27,28). The van der Waals surface area contributed by atoms with Gasteiger partial charge in [-0.1, -0.05) is 40.2 Å². The number of fused-ring (bicyclic) bond motifs is 1. The molecule has 3 rings (SSSR count). The summed E-state index contributed by atoms with van der Waals surface area (Å²) in [7, 11) is 0. The third kappa shape index (κ3) is 3.07. The minimum Gasteiger partial charge on any atom is -0.480 e. The second-order valence-electron chi connectivity index (χ2n) is 6.33. The van der Waals surface area contributed by atoms with Gasteiger partial charge in [-0.05, 0) is 23.8 Å². The zero-order chi connectivity index (χ0) is 20.6. The van der Waals surface area contributed by atoms with Crippen LogP contribution in [0.15, 0.2) is 46.9 Å². The number of amides is 3. The molecule has 1 aliphatic rings. The first-order valence-corrected chi connectivity index (χ1v) is 8.89. The molecule has 2 aromatic rings. The first-order valence-electron chi connectivity index (χ1n) is 8.10. The number of nitrogens with zero attached hydrogens (tertiary/aromatic N) is 1. The quantitative estimate of drug-likeness (QED) is 0.535. The Morgan fingerprint density at radius 1 is 1.18 bits per heavy atom. The van der Waals surface area contributed by atoms with E-state index in [1.165, 1.54) is 36.4 Å². The molecular formula is C19H14BrFN2O5. The normalized spacial score (nSPS) is 18.7. The Morgan fingerprint density at radius 2 is 1.86 bits per heavy atom. The summed E-state index contributed by atoms with van der Waals surface area (Å²) in [5.41, 5.74) is 2.71. The molecular weight excluding hydrogens is 435 g/mol. The maximum atomic E-state index is 14.2. The number of carbonyl (C=O) groups excluding carboxylic acids is 3. The van der Waals surface area contributed by atoms with E-state index >= 15 is 0 Å². The second-order valence-corrected chi connectivity index (χ2v) is 7.25. The lowest BCUT2D eigenvalue weighted by Crippen LogP contribution is -2.59. The van der Waals surface area contributed by atoms with Gasteiger partial charge in [-0.2, -0.15) is 0 Å². The molecule has 3 N–H and O–H groups in total. The topological polar surface area (TPSA) is 118 Å². The molecule has 3 amide bonds. The fourth-order valence-electron chi connectivity index (χ4n) is 3.30. The van der Waals surface area contributed by atoms with Crippen molar-refractivity contribution in [2.75, 3.05) is 0 Å². The summed E-state index contributed by atoms with van der Waals surface area (Å²) in [6, 6.07) is 9.68. The maximum Gasteiger partial charge on any atom is 0.324 e. The molecule has 144 valence electrons. The average Bonchev–Trinajstić information content (AvgIpc) is 2.63. The van der Waals surface area contributed by atoms with Crippen molar-refractivity contribution in [1.82, 2.24) is 4.90 Å². The number of hydrogen-bond donors (Lipinski definition) is 2.